The zero-order chi connectivity index (χ0) is 8.97. The van der Waals surface area contributed by atoms with Crippen molar-refractivity contribution >= 4 is 5.97 Å². The Morgan fingerprint density at radius 3 is 3.17 bits per heavy atom. The Hall–Kier alpha value is -1.36. The molecule has 66 valence electrons. The number of nitrogens with one attached hydrogen (secondary N) is 1. The van der Waals surface area contributed by atoms with Crippen molar-refractivity contribution in [3.8, 4) is 0 Å². The topological polar surface area (TPSA) is 81.0 Å². The number of esters is 1. The Balaban J connectivity index is 2.49. The normalized spacial score (nSPS) is 12.5. The van der Waals surface area contributed by atoms with Crippen LogP contribution in [0.25, 0.3) is 0 Å². The van der Waals surface area contributed by atoms with Gasteiger partial charge >= 0.3 is 5.97 Å². The molecular formula is C7H11N3O2. The number of aromatic nitrogens is 2. The molecule has 3 N–H and O–H groups in total. The van der Waals surface area contributed by atoms with Gasteiger partial charge in [-0.3, -0.25) is 4.79 Å². The number of ether oxygens (including phenoxy) is 1. The number of nitrogens with zero attached hydrogens (tertiary/aromatic N) is 1. The molecule has 1 aromatic heterocycles. The minimum absolute atomic E-state index is 0.143. The van der Waals surface area contributed by atoms with Crippen molar-refractivity contribution in [2.45, 2.75) is 12.5 Å². The maximum absolute atomic E-state index is 10.8. The lowest BCUT2D eigenvalue weighted by Crippen LogP contribution is -2.17. The summed E-state index contributed by atoms with van der Waals surface area (Å²) in [5.41, 5.74) is 5.62. The maximum Gasteiger partial charge on any atom is 0.307 e. The van der Waals surface area contributed by atoms with Gasteiger partial charge in [-0.1, -0.05) is 0 Å². The van der Waals surface area contributed by atoms with E-state index in [4.69, 9.17) is 5.73 Å². The summed E-state index contributed by atoms with van der Waals surface area (Å²) in [6.45, 7) is 0. The first-order valence-electron chi connectivity index (χ1n) is 3.55. The van der Waals surface area contributed by atoms with Crippen molar-refractivity contribution in [1.29, 1.82) is 0 Å². The standard InChI is InChI=1S/C7H11N3O2/c1-12-6(11)4-5(8)7-9-2-3-10-7/h2-3,5H,4,8H2,1H3,(H,9,10)/t5-/m0/s1. The van der Waals surface area contributed by atoms with Crippen LogP contribution in [-0.4, -0.2) is 23.0 Å². The fourth-order valence-corrected chi connectivity index (χ4v) is 0.840. The van der Waals surface area contributed by atoms with Crippen LogP contribution in [0.1, 0.15) is 18.3 Å². The van der Waals surface area contributed by atoms with E-state index in [1.807, 2.05) is 0 Å². The minimum atomic E-state index is -0.410. The summed E-state index contributed by atoms with van der Waals surface area (Å²) < 4.78 is 4.46. The van der Waals surface area contributed by atoms with E-state index in [2.05, 4.69) is 14.7 Å². The molecule has 0 bridgehead atoms. The number of hydrogen-bond donors (Lipinski definition) is 2. The summed E-state index contributed by atoms with van der Waals surface area (Å²) in [5, 5.41) is 0. The number of carbonyl (C=O) groups excluding carboxylic acids is 1. The first-order chi connectivity index (χ1) is 5.74. The van der Waals surface area contributed by atoms with Crippen molar-refractivity contribution in [2.24, 2.45) is 5.73 Å². The third-order valence-electron chi connectivity index (χ3n) is 1.48. The van der Waals surface area contributed by atoms with Crippen LogP contribution in [0.2, 0.25) is 0 Å². The molecule has 1 rings (SSSR count). The molecule has 5 heteroatoms. The molecule has 1 aromatic rings. The second kappa shape index (κ2) is 3.87. The zero-order valence-corrected chi connectivity index (χ0v) is 6.78. The summed E-state index contributed by atoms with van der Waals surface area (Å²) in [5.74, 6) is 0.263. The molecule has 1 atom stereocenters. The fourth-order valence-electron chi connectivity index (χ4n) is 0.840. The Kier molecular flexibility index (Phi) is 2.82. The van der Waals surface area contributed by atoms with Gasteiger partial charge in [0, 0.05) is 12.4 Å². The monoisotopic (exact) mass is 169 g/mol. The van der Waals surface area contributed by atoms with Gasteiger partial charge < -0.3 is 15.5 Å². The van der Waals surface area contributed by atoms with E-state index in [1.54, 1.807) is 12.4 Å². The van der Waals surface area contributed by atoms with Gasteiger partial charge in [-0.25, -0.2) is 4.98 Å². The predicted molar refractivity (Wildman–Crippen MR) is 42.1 cm³/mol. The molecule has 0 amide bonds. The number of rotatable bonds is 3. The molecule has 5 nitrogen and oxygen atoms in total. The summed E-state index contributed by atoms with van der Waals surface area (Å²) >= 11 is 0. The average molecular weight is 169 g/mol. The van der Waals surface area contributed by atoms with Crippen LogP contribution in [0.4, 0.5) is 0 Å². The van der Waals surface area contributed by atoms with Crippen LogP contribution < -0.4 is 5.73 Å². The highest BCUT2D eigenvalue weighted by Gasteiger charge is 2.13. The second-order valence-corrected chi connectivity index (χ2v) is 2.36. The first kappa shape index (κ1) is 8.73. The van der Waals surface area contributed by atoms with Gasteiger partial charge in [0.1, 0.15) is 5.82 Å². The summed E-state index contributed by atoms with van der Waals surface area (Å²) in [6.07, 6.45) is 3.39. The van der Waals surface area contributed by atoms with Crippen LogP contribution in [0.3, 0.4) is 0 Å². The molecule has 0 aliphatic rings. The molecule has 12 heavy (non-hydrogen) atoms. The van der Waals surface area contributed by atoms with E-state index in [0.717, 1.165) is 0 Å². The Morgan fingerprint density at radius 2 is 2.67 bits per heavy atom. The highest BCUT2D eigenvalue weighted by molar-refractivity contribution is 5.69. The molecule has 0 saturated carbocycles. The Labute approximate surface area is 69.9 Å². The molecular weight excluding hydrogens is 158 g/mol. The number of hydrogen-bond acceptors (Lipinski definition) is 4. The van der Waals surface area contributed by atoms with Crippen molar-refractivity contribution in [1.82, 2.24) is 9.97 Å². The lowest BCUT2D eigenvalue weighted by Gasteiger charge is -2.05. The SMILES string of the molecule is COC(=O)C[C@H](N)c1ncc[nH]1. The molecule has 0 unspecified atom stereocenters. The molecule has 0 radical (unpaired) electrons. The number of aromatic amines is 1. The summed E-state index contributed by atoms with van der Waals surface area (Å²) in [7, 11) is 1.33. The Bertz CT molecular complexity index is 245. The highest BCUT2D eigenvalue weighted by Crippen LogP contribution is 2.08. The van der Waals surface area contributed by atoms with Gasteiger partial charge in [0.05, 0.1) is 19.6 Å². The van der Waals surface area contributed by atoms with Crippen LogP contribution in [0.15, 0.2) is 12.4 Å². The molecule has 0 fully saturated rings. The lowest BCUT2D eigenvalue weighted by molar-refractivity contribution is -0.141. The van der Waals surface area contributed by atoms with Crippen LogP contribution in [0, 0.1) is 0 Å². The maximum atomic E-state index is 10.8. The number of H-pyrrole nitrogens is 1. The Morgan fingerprint density at radius 1 is 1.92 bits per heavy atom. The second-order valence-electron chi connectivity index (χ2n) is 2.36. The molecule has 0 aliphatic heterocycles. The number of nitrogens with two attached hydrogens (primary N) is 1. The number of methoxy groups -OCH3 is 1. The van der Waals surface area contributed by atoms with Gasteiger partial charge in [0.25, 0.3) is 0 Å². The molecule has 0 saturated heterocycles. The molecule has 1 heterocycles. The average Bonchev–Trinajstić information content (AvgIpc) is 2.56. The van der Waals surface area contributed by atoms with E-state index >= 15 is 0 Å². The lowest BCUT2D eigenvalue weighted by atomic mass is 10.2. The van der Waals surface area contributed by atoms with Crippen LogP contribution in [-0.2, 0) is 9.53 Å². The van der Waals surface area contributed by atoms with Gasteiger partial charge in [0.2, 0.25) is 0 Å². The van der Waals surface area contributed by atoms with E-state index in [-0.39, 0.29) is 12.4 Å². The molecule has 0 aromatic carbocycles. The minimum Gasteiger partial charge on any atom is -0.469 e. The zero-order valence-electron chi connectivity index (χ0n) is 6.78. The van der Waals surface area contributed by atoms with E-state index in [1.165, 1.54) is 7.11 Å². The van der Waals surface area contributed by atoms with Crippen LogP contribution >= 0.6 is 0 Å². The molecule has 0 aliphatic carbocycles. The third-order valence-corrected chi connectivity index (χ3v) is 1.48. The molecule has 0 spiro atoms. The highest BCUT2D eigenvalue weighted by atomic mass is 16.5. The predicted octanol–water partition coefficient (Wildman–Crippen LogP) is -0.0274. The fraction of sp³-hybridized carbons (Fsp3) is 0.429. The van der Waals surface area contributed by atoms with Crippen molar-refractivity contribution in [3.05, 3.63) is 18.2 Å². The van der Waals surface area contributed by atoms with Gasteiger partial charge in [-0.15, -0.1) is 0 Å². The van der Waals surface area contributed by atoms with Crippen molar-refractivity contribution < 1.29 is 9.53 Å². The first-order valence-corrected chi connectivity index (χ1v) is 3.55. The van der Waals surface area contributed by atoms with E-state index in [0.29, 0.717) is 5.82 Å². The van der Waals surface area contributed by atoms with E-state index < -0.39 is 6.04 Å². The van der Waals surface area contributed by atoms with Crippen molar-refractivity contribution in [3.63, 3.8) is 0 Å². The van der Waals surface area contributed by atoms with E-state index in [9.17, 15) is 4.79 Å². The third kappa shape index (κ3) is 2.06. The quantitative estimate of drug-likeness (QED) is 0.623. The number of imidazole rings is 1. The summed E-state index contributed by atoms with van der Waals surface area (Å²) in [4.78, 5) is 17.5. The van der Waals surface area contributed by atoms with Gasteiger partial charge in [-0.05, 0) is 0 Å². The van der Waals surface area contributed by atoms with Gasteiger partial charge in [0.15, 0.2) is 0 Å². The number of carbonyl (C=O) groups is 1. The largest absolute Gasteiger partial charge is 0.469 e. The van der Waals surface area contributed by atoms with Crippen LogP contribution in [0.5, 0.6) is 0 Å². The van der Waals surface area contributed by atoms with Gasteiger partial charge in [-0.2, -0.15) is 0 Å². The van der Waals surface area contributed by atoms with Crippen molar-refractivity contribution in [2.75, 3.05) is 7.11 Å². The smallest absolute Gasteiger partial charge is 0.307 e. The summed E-state index contributed by atoms with van der Waals surface area (Å²) in [6, 6.07) is -0.410.